The number of unbranched alkanes of at least 4 members (excludes halogenated alkanes) is 2. The van der Waals surface area contributed by atoms with E-state index in [2.05, 4.69) is 46.7 Å². The van der Waals surface area contributed by atoms with Crippen molar-refractivity contribution in [2.24, 2.45) is 0 Å². The van der Waals surface area contributed by atoms with Gasteiger partial charge in [0.1, 0.15) is 17.9 Å². The van der Waals surface area contributed by atoms with Crippen LogP contribution < -0.4 is 0 Å². The fourth-order valence-electron chi connectivity index (χ4n) is 3.22. The predicted octanol–water partition coefficient (Wildman–Crippen LogP) is 5.38. The second kappa shape index (κ2) is 8.65. The minimum absolute atomic E-state index is 0.502. The fraction of sp³-hybridized carbons (Fsp3) is 0.261. The first-order valence-electron chi connectivity index (χ1n) is 9.82. The molecule has 4 rings (SSSR count). The number of aryl methyl sites for hydroxylation is 1. The second-order valence-corrected chi connectivity index (χ2v) is 7.00. The molecule has 2 heterocycles. The lowest BCUT2D eigenvalue weighted by Crippen LogP contribution is -1.98. The summed E-state index contributed by atoms with van der Waals surface area (Å²) in [5, 5.41) is 12.7. The van der Waals surface area contributed by atoms with E-state index in [-0.39, 0.29) is 0 Å². The van der Waals surface area contributed by atoms with Crippen LogP contribution in [0.4, 0.5) is 0 Å². The Labute approximate surface area is 165 Å². The highest BCUT2D eigenvalue weighted by atomic mass is 16.5. The van der Waals surface area contributed by atoms with Crippen molar-refractivity contribution in [1.82, 2.24) is 20.2 Å². The highest BCUT2D eigenvalue weighted by molar-refractivity contribution is 5.59. The molecule has 0 bridgehead atoms. The monoisotopic (exact) mass is 372 g/mol. The maximum absolute atomic E-state index is 5.46. The predicted molar refractivity (Wildman–Crippen MR) is 110 cm³/mol. The Balaban J connectivity index is 1.41. The van der Waals surface area contributed by atoms with E-state index in [1.807, 2.05) is 42.6 Å². The Bertz CT molecular complexity index is 1000. The molecule has 2 aromatic carbocycles. The van der Waals surface area contributed by atoms with Gasteiger partial charge in [-0.1, -0.05) is 84.7 Å². The molecule has 0 radical (unpaired) electrons. The summed E-state index contributed by atoms with van der Waals surface area (Å²) in [6.45, 7) is 2.73. The lowest BCUT2D eigenvalue weighted by Gasteiger charge is -2.02. The maximum Gasteiger partial charge on any atom is 0.158 e. The molecule has 0 saturated heterocycles. The zero-order valence-corrected chi connectivity index (χ0v) is 16.1. The van der Waals surface area contributed by atoms with Crippen molar-refractivity contribution < 1.29 is 4.52 Å². The highest BCUT2D eigenvalue weighted by Crippen LogP contribution is 2.21. The van der Waals surface area contributed by atoms with Crippen molar-refractivity contribution in [3.05, 3.63) is 78.2 Å². The van der Waals surface area contributed by atoms with E-state index in [0.717, 1.165) is 34.7 Å². The second-order valence-electron chi connectivity index (χ2n) is 7.00. The number of hydrogen-bond acceptors (Lipinski definition) is 4. The fourth-order valence-corrected chi connectivity index (χ4v) is 3.22. The van der Waals surface area contributed by atoms with E-state index < -0.39 is 0 Å². The van der Waals surface area contributed by atoms with E-state index in [0.29, 0.717) is 6.54 Å². The van der Waals surface area contributed by atoms with E-state index in [4.69, 9.17) is 4.52 Å². The van der Waals surface area contributed by atoms with Crippen LogP contribution >= 0.6 is 0 Å². The quantitative estimate of drug-likeness (QED) is 0.390. The number of aromatic nitrogens is 4. The van der Waals surface area contributed by atoms with Crippen LogP contribution in [0.2, 0.25) is 0 Å². The average Bonchev–Trinajstić information content (AvgIpc) is 3.40. The molecule has 5 heteroatoms. The summed E-state index contributed by atoms with van der Waals surface area (Å²) < 4.78 is 7.24. The van der Waals surface area contributed by atoms with Crippen LogP contribution in [0.5, 0.6) is 0 Å². The van der Waals surface area contributed by atoms with E-state index in [9.17, 15) is 0 Å². The molecule has 0 atom stereocenters. The normalized spacial score (nSPS) is 11.0. The molecule has 142 valence electrons. The van der Waals surface area contributed by atoms with Gasteiger partial charge in [-0.2, -0.15) is 0 Å². The van der Waals surface area contributed by atoms with Gasteiger partial charge >= 0.3 is 0 Å². The molecule has 0 fully saturated rings. The summed E-state index contributed by atoms with van der Waals surface area (Å²) in [6, 6.07) is 20.6. The SMILES string of the molecule is CCCCCc1ccc(-c2cn(Cc3cc(-c4ccccc4)no3)nn2)cc1. The minimum atomic E-state index is 0.502. The molecule has 4 aromatic rings. The molecule has 0 aliphatic rings. The molecule has 28 heavy (non-hydrogen) atoms. The lowest BCUT2D eigenvalue weighted by molar-refractivity contribution is 0.372. The third-order valence-corrected chi connectivity index (χ3v) is 4.80. The van der Waals surface area contributed by atoms with Gasteiger partial charge in [-0.3, -0.25) is 0 Å². The van der Waals surface area contributed by atoms with Crippen molar-refractivity contribution in [1.29, 1.82) is 0 Å². The van der Waals surface area contributed by atoms with E-state index in [1.165, 1.54) is 24.8 Å². The van der Waals surface area contributed by atoms with Crippen LogP contribution in [0, 0.1) is 0 Å². The zero-order valence-electron chi connectivity index (χ0n) is 16.1. The molecule has 5 nitrogen and oxygen atoms in total. The van der Waals surface area contributed by atoms with E-state index in [1.54, 1.807) is 4.68 Å². The third-order valence-electron chi connectivity index (χ3n) is 4.80. The molecule has 0 spiro atoms. The molecule has 0 saturated carbocycles. The first kappa shape index (κ1) is 18.2. The van der Waals surface area contributed by atoms with Crippen LogP contribution in [0.15, 0.2) is 71.4 Å². The highest BCUT2D eigenvalue weighted by Gasteiger charge is 2.09. The van der Waals surface area contributed by atoms with Crippen LogP contribution in [0.25, 0.3) is 22.5 Å². The van der Waals surface area contributed by atoms with Crippen LogP contribution in [-0.4, -0.2) is 20.2 Å². The number of rotatable bonds is 8. The first-order valence-corrected chi connectivity index (χ1v) is 9.82. The summed E-state index contributed by atoms with van der Waals surface area (Å²) >= 11 is 0. The molecule has 0 aliphatic heterocycles. The van der Waals surface area contributed by atoms with Crippen molar-refractivity contribution in [2.75, 3.05) is 0 Å². The smallest absolute Gasteiger partial charge is 0.158 e. The van der Waals surface area contributed by atoms with Gasteiger partial charge in [-0.15, -0.1) is 5.10 Å². The summed E-state index contributed by atoms with van der Waals surface area (Å²) in [4.78, 5) is 0. The third kappa shape index (κ3) is 4.36. The topological polar surface area (TPSA) is 56.7 Å². The average molecular weight is 372 g/mol. The summed E-state index contributed by atoms with van der Waals surface area (Å²) in [6.07, 6.45) is 6.85. The van der Waals surface area contributed by atoms with Crippen molar-refractivity contribution >= 4 is 0 Å². The Morgan fingerprint density at radius 1 is 0.893 bits per heavy atom. The summed E-state index contributed by atoms with van der Waals surface area (Å²) in [5.74, 6) is 0.751. The van der Waals surface area contributed by atoms with Gasteiger partial charge < -0.3 is 4.52 Å². The Morgan fingerprint density at radius 3 is 2.46 bits per heavy atom. The van der Waals surface area contributed by atoms with Gasteiger partial charge in [0.05, 0.1) is 6.20 Å². The molecule has 2 aromatic heterocycles. The van der Waals surface area contributed by atoms with Crippen LogP contribution in [0.1, 0.15) is 37.5 Å². The largest absolute Gasteiger partial charge is 0.359 e. The number of nitrogens with zero attached hydrogens (tertiary/aromatic N) is 4. The van der Waals surface area contributed by atoms with E-state index >= 15 is 0 Å². The number of benzene rings is 2. The maximum atomic E-state index is 5.46. The van der Waals surface area contributed by atoms with Gasteiger partial charge in [0.15, 0.2) is 5.76 Å². The van der Waals surface area contributed by atoms with Gasteiger partial charge in [0.2, 0.25) is 0 Å². The zero-order chi connectivity index (χ0) is 19.2. The van der Waals surface area contributed by atoms with Gasteiger partial charge in [0.25, 0.3) is 0 Å². The Kier molecular flexibility index (Phi) is 5.61. The summed E-state index contributed by atoms with van der Waals surface area (Å²) in [5.41, 5.74) is 5.18. The molecular formula is C23H24N4O. The van der Waals surface area contributed by atoms with Crippen molar-refractivity contribution in [3.8, 4) is 22.5 Å². The van der Waals surface area contributed by atoms with Crippen molar-refractivity contribution in [2.45, 2.75) is 39.2 Å². The summed E-state index contributed by atoms with van der Waals surface area (Å²) in [7, 11) is 0. The molecular weight excluding hydrogens is 348 g/mol. The molecule has 0 N–H and O–H groups in total. The minimum Gasteiger partial charge on any atom is -0.359 e. The van der Waals surface area contributed by atoms with Gasteiger partial charge in [-0.05, 0) is 18.4 Å². The molecule has 0 amide bonds. The van der Waals surface area contributed by atoms with Gasteiger partial charge in [-0.25, -0.2) is 4.68 Å². The Morgan fingerprint density at radius 2 is 1.68 bits per heavy atom. The first-order chi connectivity index (χ1) is 13.8. The van der Waals surface area contributed by atoms with Crippen LogP contribution in [-0.2, 0) is 13.0 Å². The number of hydrogen-bond donors (Lipinski definition) is 0. The lowest BCUT2D eigenvalue weighted by atomic mass is 10.0. The standard InChI is InChI=1S/C23H24N4O/c1-2-3-5-8-18-11-13-20(14-12-18)23-17-27(26-24-23)16-21-15-22(25-28-21)19-9-6-4-7-10-19/h4,6-7,9-15,17H,2-3,5,8,16H2,1H3. The van der Waals surface area contributed by atoms with Gasteiger partial charge in [0, 0.05) is 17.2 Å². The van der Waals surface area contributed by atoms with Crippen molar-refractivity contribution in [3.63, 3.8) is 0 Å². The Hall–Kier alpha value is -3.21. The molecule has 0 unspecified atom stereocenters. The van der Waals surface area contributed by atoms with Crippen LogP contribution in [0.3, 0.4) is 0 Å². The molecule has 0 aliphatic carbocycles.